The summed E-state index contributed by atoms with van der Waals surface area (Å²) < 4.78 is 6.70. The number of nitrogens with one attached hydrogen (secondary N) is 1. The molecule has 1 fully saturated rings. The topological polar surface area (TPSA) is 88.4 Å². The third kappa shape index (κ3) is 3.46. The van der Waals surface area contributed by atoms with E-state index in [9.17, 15) is 4.79 Å². The van der Waals surface area contributed by atoms with E-state index in [0.717, 1.165) is 29.9 Å². The zero-order valence-electron chi connectivity index (χ0n) is 14.1. The summed E-state index contributed by atoms with van der Waals surface area (Å²) in [6, 6.07) is 0. The van der Waals surface area contributed by atoms with Gasteiger partial charge in [0.1, 0.15) is 12.1 Å². The van der Waals surface area contributed by atoms with Crippen molar-refractivity contribution in [2.75, 3.05) is 57.9 Å². The number of rotatable bonds is 6. The summed E-state index contributed by atoms with van der Waals surface area (Å²) in [7, 11) is 3.52. The molecule has 9 heteroatoms. The average Bonchev–Trinajstić information content (AvgIpc) is 3.00. The Morgan fingerprint density at radius 3 is 2.83 bits per heavy atom. The Bertz CT molecular complexity index is 694. The van der Waals surface area contributed by atoms with Crippen LogP contribution >= 0.6 is 0 Å². The van der Waals surface area contributed by atoms with Gasteiger partial charge in [-0.25, -0.2) is 9.97 Å². The number of methoxy groups -OCH3 is 1. The predicted octanol–water partition coefficient (Wildman–Crippen LogP) is -0.752. The lowest BCUT2D eigenvalue weighted by Crippen LogP contribution is -2.51. The molecular weight excluding hydrogens is 310 g/mol. The Morgan fingerprint density at radius 1 is 1.29 bits per heavy atom. The average molecular weight is 333 g/mol. The van der Waals surface area contributed by atoms with Gasteiger partial charge in [0.15, 0.2) is 5.65 Å². The van der Waals surface area contributed by atoms with Crippen molar-refractivity contribution < 1.29 is 9.53 Å². The van der Waals surface area contributed by atoms with Gasteiger partial charge in [0.05, 0.1) is 24.7 Å². The van der Waals surface area contributed by atoms with Gasteiger partial charge in [-0.15, -0.1) is 0 Å². The molecule has 0 atom stereocenters. The second-order valence-corrected chi connectivity index (χ2v) is 5.74. The quantitative estimate of drug-likeness (QED) is 0.696. The lowest BCUT2D eigenvalue weighted by Gasteiger charge is -2.35. The van der Waals surface area contributed by atoms with Gasteiger partial charge in [-0.2, -0.15) is 5.10 Å². The molecule has 0 saturated carbocycles. The number of carbonyl (C=O) groups is 1. The maximum absolute atomic E-state index is 12.2. The van der Waals surface area contributed by atoms with Gasteiger partial charge < -0.3 is 19.9 Å². The first kappa shape index (κ1) is 16.6. The van der Waals surface area contributed by atoms with Crippen LogP contribution in [0.25, 0.3) is 11.0 Å². The number of anilines is 1. The van der Waals surface area contributed by atoms with Gasteiger partial charge in [-0.1, -0.05) is 0 Å². The molecule has 0 radical (unpaired) electrons. The van der Waals surface area contributed by atoms with Crippen LogP contribution in [0.3, 0.4) is 0 Å². The van der Waals surface area contributed by atoms with E-state index in [4.69, 9.17) is 4.74 Å². The highest BCUT2D eigenvalue weighted by molar-refractivity contribution is 5.86. The summed E-state index contributed by atoms with van der Waals surface area (Å²) in [6.07, 6.45) is 3.36. The zero-order valence-corrected chi connectivity index (χ0v) is 14.1. The Balaban J connectivity index is 1.57. The van der Waals surface area contributed by atoms with Crippen molar-refractivity contribution in [3.8, 4) is 0 Å². The van der Waals surface area contributed by atoms with E-state index in [1.54, 1.807) is 24.3 Å². The molecule has 3 rings (SSSR count). The number of hydrogen-bond donors (Lipinski definition) is 1. The van der Waals surface area contributed by atoms with Crippen LogP contribution in [-0.2, 0) is 16.6 Å². The van der Waals surface area contributed by atoms with Crippen LogP contribution in [0.5, 0.6) is 0 Å². The van der Waals surface area contributed by atoms with Crippen LogP contribution < -0.4 is 10.2 Å². The van der Waals surface area contributed by atoms with E-state index in [1.807, 2.05) is 11.9 Å². The molecule has 0 bridgehead atoms. The van der Waals surface area contributed by atoms with Crippen molar-refractivity contribution in [3.05, 3.63) is 12.5 Å². The molecule has 9 nitrogen and oxygen atoms in total. The second kappa shape index (κ2) is 7.54. The lowest BCUT2D eigenvalue weighted by atomic mass is 10.2. The number of aryl methyl sites for hydroxylation is 1. The fourth-order valence-corrected chi connectivity index (χ4v) is 2.85. The van der Waals surface area contributed by atoms with Crippen molar-refractivity contribution in [1.29, 1.82) is 0 Å². The molecule has 0 aromatic carbocycles. The molecule has 1 saturated heterocycles. The molecule has 0 aliphatic carbocycles. The van der Waals surface area contributed by atoms with Crippen LogP contribution in [0.1, 0.15) is 0 Å². The third-order valence-corrected chi connectivity index (χ3v) is 4.20. The highest BCUT2D eigenvalue weighted by Gasteiger charge is 2.23. The van der Waals surface area contributed by atoms with Crippen LogP contribution in [0.2, 0.25) is 0 Å². The van der Waals surface area contributed by atoms with Crippen molar-refractivity contribution in [1.82, 2.24) is 30.0 Å². The maximum Gasteiger partial charge on any atom is 0.236 e. The molecule has 0 unspecified atom stereocenters. The van der Waals surface area contributed by atoms with Crippen molar-refractivity contribution in [2.45, 2.75) is 0 Å². The van der Waals surface area contributed by atoms with Gasteiger partial charge in [0, 0.05) is 46.9 Å². The van der Waals surface area contributed by atoms with Gasteiger partial charge in [0.25, 0.3) is 0 Å². The predicted molar refractivity (Wildman–Crippen MR) is 89.8 cm³/mol. The smallest absolute Gasteiger partial charge is 0.236 e. The van der Waals surface area contributed by atoms with Crippen LogP contribution in [0.15, 0.2) is 12.5 Å². The van der Waals surface area contributed by atoms with Crippen molar-refractivity contribution in [2.24, 2.45) is 7.05 Å². The minimum Gasteiger partial charge on any atom is -0.383 e. The summed E-state index contributed by atoms with van der Waals surface area (Å²) in [4.78, 5) is 24.9. The largest absolute Gasteiger partial charge is 0.383 e. The third-order valence-electron chi connectivity index (χ3n) is 4.20. The first-order valence-electron chi connectivity index (χ1n) is 8.06. The minimum atomic E-state index is 0.125. The zero-order chi connectivity index (χ0) is 16.9. The maximum atomic E-state index is 12.2. The van der Waals surface area contributed by atoms with E-state index in [-0.39, 0.29) is 5.91 Å². The van der Waals surface area contributed by atoms with Crippen LogP contribution in [0.4, 0.5) is 5.82 Å². The molecule has 1 aliphatic heterocycles. The summed E-state index contributed by atoms with van der Waals surface area (Å²) >= 11 is 0. The molecule has 1 amide bonds. The van der Waals surface area contributed by atoms with Gasteiger partial charge in [-0.05, 0) is 0 Å². The number of fused-ring (bicyclic) bond motifs is 1. The summed E-state index contributed by atoms with van der Waals surface area (Å²) in [5.74, 6) is 1.01. The fraction of sp³-hybridized carbons (Fsp3) is 0.600. The summed E-state index contributed by atoms with van der Waals surface area (Å²) in [5.41, 5.74) is 0.820. The summed E-state index contributed by atoms with van der Waals surface area (Å²) in [6.45, 7) is 4.53. The summed E-state index contributed by atoms with van der Waals surface area (Å²) in [5, 5.41) is 8.28. The van der Waals surface area contributed by atoms with E-state index < -0.39 is 0 Å². The monoisotopic (exact) mass is 333 g/mol. The van der Waals surface area contributed by atoms with Crippen molar-refractivity contribution >= 4 is 22.8 Å². The Hall–Kier alpha value is -2.26. The SMILES string of the molecule is COCCNCC(=O)N1CCN(c2ncnc3c2cnn3C)CC1. The molecule has 24 heavy (non-hydrogen) atoms. The molecular formula is C15H23N7O2. The van der Waals surface area contributed by atoms with Gasteiger partial charge in [-0.3, -0.25) is 9.48 Å². The van der Waals surface area contributed by atoms with Crippen LogP contribution in [-0.4, -0.2) is 83.5 Å². The fourth-order valence-electron chi connectivity index (χ4n) is 2.85. The van der Waals surface area contributed by atoms with Gasteiger partial charge >= 0.3 is 0 Å². The van der Waals surface area contributed by atoms with Crippen molar-refractivity contribution in [3.63, 3.8) is 0 Å². The van der Waals surface area contributed by atoms with E-state index >= 15 is 0 Å². The molecule has 130 valence electrons. The lowest BCUT2D eigenvalue weighted by molar-refractivity contribution is -0.130. The molecule has 0 spiro atoms. The highest BCUT2D eigenvalue weighted by Crippen LogP contribution is 2.23. The molecule has 2 aromatic rings. The molecule has 2 aromatic heterocycles. The second-order valence-electron chi connectivity index (χ2n) is 5.74. The molecule has 3 heterocycles. The number of nitrogens with zero attached hydrogens (tertiary/aromatic N) is 6. The Morgan fingerprint density at radius 2 is 2.08 bits per heavy atom. The molecule has 1 N–H and O–H groups in total. The van der Waals surface area contributed by atoms with E-state index in [2.05, 4.69) is 25.3 Å². The Labute approximate surface area is 140 Å². The molecule has 1 aliphatic rings. The normalized spacial score (nSPS) is 15.2. The van der Waals surface area contributed by atoms with E-state index in [0.29, 0.717) is 32.8 Å². The number of amides is 1. The highest BCUT2D eigenvalue weighted by atomic mass is 16.5. The number of hydrogen-bond acceptors (Lipinski definition) is 7. The first-order valence-corrected chi connectivity index (χ1v) is 8.06. The minimum absolute atomic E-state index is 0.125. The Kier molecular flexibility index (Phi) is 5.21. The van der Waals surface area contributed by atoms with Gasteiger partial charge in [0.2, 0.25) is 5.91 Å². The van der Waals surface area contributed by atoms with E-state index in [1.165, 1.54) is 0 Å². The first-order chi connectivity index (χ1) is 11.7. The van der Waals surface area contributed by atoms with Crippen LogP contribution in [0, 0.1) is 0 Å². The number of ether oxygens (including phenoxy) is 1. The number of carbonyl (C=O) groups excluding carboxylic acids is 1. The standard InChI is InChI=1S/C15H23N7O2/c1-20-14-12(9-19-20)15(18-11-17-14)22-6-4-21(5-7-22)13(23)10-16-3-8-24-2/h9,11,16H,3-8,10H2,1-2H3. The number of piperazine rings is 1. The number of aromatic nitrogens is 4.